The lowest BCUT2D eigenvalue weighted by atomic mass is 9.90. The number of alkyl halides is 15. The molecule has 0 aliphatic carbocycles. The van der Waals surface area contributed by atoms with Crippen LogP contribution in [-0.2, 0) is 23.7 Å². The van der Waals surface area contributed by atoms with Gasteiger partial charge in [-0.3, -0.25) is 0 Å². The van der Waals surface area contributed by atoms with E-state index in [1.807, 2.05) is 0 Å². The van der Waals surface area contributed by atoms with Crippen LogP contribution in [0.5, 0.6) is 0 Å². The summed E-state index contributed by atoms with van der Waals surface area (Å²) < 4.78 is 218. The molecule has 0 spiro atoms. The molecule has 0 aromatic rings. The van der Waals surface area contributed by atoms with Crippen molar-refractivity contribution in [3.8, 4) is 0 Å². The average Bonchev–Trinajstić information content (AvgIpc) is 3.25. The highest BCUT2D eigenvalue weighted by atomic mass is 19.4. The van der Waals surface area contributed by atoms with Crippen LogP contribution in [0.2, 0.25) is 0 Å². The summed E-state index contributed by atoms with van der Waals surface area (Å²) in [6.45, 7) is 0.279. The molecule has 0 amide bonds. The monoisotopic (exact) mass is 612 g/mol. The Morgan fingerprint density at radius 3 is 1.72 bits per heavy atom. The first-order valence-electron chi connectivity index (χ1n) is 10.0. The molecule has 21 heteroatoms. The maximum Gasteiger partial charge on any atom is 0.460 e. The maximum atomic E-state index is 14.0. The Bertz CT molecular complexity index is 988. The zero-order valence-electron chi connectivity index (χ0n) is 18.9. The molecule has 39 heavy (non-hydrogen) atoms. The van der Waals surface area contributed by atoms with Crippen LogP contribution in [0, 0.1) is 0 Å². The van der Waals surface area contributed by atoms with Gasteiger partial charge in [-0.1, -0.05) is 0 Å². The Morgan fingerprint density at radius 2 is 1.28 bits per heavy atom. The number of halogens is 15. The smallest absolute Gasteiger partial charge is 0.460 e. The van der Waals surface area contributed by atoms with Crippen molar-refractivity contribution in [1.29, 1.82) is 0 Å². The third-order valence-electron chi connectivity index (χ3n) is 5.35. The molecule has 1 N–H and O–H groups in total. The zero-order chi connectivity index (χ0) is 30.8. The minimum Gasteiger partial charge on any atom is -0.499 e. The number of cyclic esters (lactones) is 1. The predicted octanol–water partition coefficient (Wildman–Crippen LogP) is 5.61. The molecular formula is C18H15F15O6. The summed E-state index contributed by atoms with van der Waals surface area (Å²) in [5.74, 6) is -52.8. The average molecular weight is 612 g/mol. The number of carbonyl (C=O) groups excluding carboxylic acids is 1. The molecule has 0 aromatic heterocycles. The van der Waals surface area contributed by atoms with Crippen molar-refractivity contribution < 1.29 is 94.7 Å². The van der Waals surface area contributed by atoms with Gasteiger partial charge < -0.3 is 24.1 Å². The van der Waals surface area contributed by atoms with Crippen molar-refractivity contribution in [1.82, 2.24) is 0 Å². The summed E-state index contributed by atoms with van der Waals surface area (Å²) >= 11 is 0. The van der Waals surface area contributed by atoms with E-state index in [1.54, 1.807) is 0 Å². The molecule has 0 saturated carbocycles. The van der Waals surface area contributed by atoms with Gasteiger partial charge in [0.05, 0.1) is 19.6 Å². The fourth-order valence-corrected chi connectivity index (χ4v) is 3.17. The number of aliphatic hydroxyl groups is 1. The third-order valence-corrected chi connectivity index (χ3v) is 5.35. The maximum absolute atomic E-state index is 14.0. The molecule has 0 radical (unpaired) electrons. The van der Waals surface area contributed by atoms with Crippen molar-refractivity contribution in [3.05, 3.63) is 11.5 Å². The highest BCUT2D eigenvalue weighted by Crippen LogP contribution is 2.62. The molecule has 0 aromatic carbocycles. The van der Waals surface area contributed by atoms with E-state index in [-0.39, 0.29) is 0 Å². The number of carbonyl (C=O) groups is 1. The highest BCUT2D eigenvalue weighted by molar-refractivity contribution is 5.89. The minimum atomic E-state index is -8.41. The van der Waals surface area contributed by atoms with Gasteiger partial charge in [0.15, 0.2) is 17.7 Å². The molecule has 6 nitrogen and oxygen atoms in total. The summed E-state index contributed by atoms with van der Waals surface area (Å²) in [5.41, 5.74) is 0. The molecule has 0 bridgehead atoms. The van der Waals surface area contributed by atoms with Crippen molar-refractivity contribution in [3.63, 3.8) is 0 Å². The molecule has 2 heterocycles. The summed E-state index contributed by atoms with van der Waals surface area (Å²) in [5, 5.41) is 9.66. The fraction of sp³-hybridized carbons (Fsp3) is 0.833. The first kappa shape index (κ1) is 32.9. The summed E-state index contributed by atoms with van der Waals surface area (Å²) in [6.07, 6.45) is -13.6. The van der Waals surface area contributed by atoms with Gasteiger partial charge in [-0.25, -0.2) is 4.79 Å². The first-order chi connectivity index (χ1) is 17.1. The van der Waals surface area contributed by atoms with Gasteiger partial charge in [0, 0.05) is 0 Å². The summed E-state index contributed by atoms with van der Waals surface area (Å²) in [7, 11) is 0. The van der Waals surface area contributed by atoms with E-state index in [1.165, 1.54) is 13.8 Å². The summed E-state index contributed by atoms with van der Waals surface area (Å²) in [6, 6.07) is 0. The topological polar surface area (TPSA) is 74.2 Å². The number of aliphatic hydroxyl groups excluding tert-OH is 1. The van der Waals surface area contributed by atoms with Gasteiger partial charge >= 0.3 is 47.7 Å². The van der Waals surface area contributed by atoms with E-state index < -0.39 is 96.8 Å². The molecule has 2 atom stereocenters. The Labute approximate surface area is 206 Å². The number of esters is 1. The number of ether oxygens (including phenoxy) is 4. The molecule has 0 unspecified atom stereocenters. The summed E-state index contributed by atoms with van der Waals surface area (Å²) in [4.78, 5) is 11.6. The van der Waals surface area contributed by atoms with Gasteiger partial charge in [0.1, 0.15) is 6.10 Å². The lowest BCUT2D eigenvalue weighted by Crippen LogP contribution is -2.72. The van der Waals surface area contributed by atoms with Crippen molar-refractivity contribution in [2.75, 3.05) is 13.2 Å². The number of rotatable bonds is 10. The molecule has 2 rings (SSSR count). The van der Waals surface area contributed by atoms with E-state index in [4.69, 9.17) is 9.47 Å². The van der Waals surface area contributed by atoms with Crippen LogP contribution in [0.25, 0.3) is 0 Å². The van der Waals surface area contributed by atoms with Crippen LogP contribution in [0.3, 0.4) is 0 Å². The van der Waals surface area contributed by atoms with Crippen molar-refractivity contribution in [2.45, 2.75) is 80.0 Å². The van der Waals surface area contributed by atoms with E-state index in [9.17, 15) is 75.8 Å². The normalized spacial score (nSPS) is 23.9. The highest BCUT2D eigenvalue weighted by Gasteiger charge is 2.93. The SMILES string of the molecule is CC1(C)OC[C@@H]([C@H]2OC(=O)C(O)=C2OCCC(F)(F)C(F)(F)C(F)(F)C(F)(F)C(F)(F)C(F)(F)C(F)(F)F)O1. The molecule has 228 valence electrons. The lowest BCUT2D eigenvalue weighted by Gasteiger charge is -2.41. The van der Waals surface area contributed by atoms with E-state index >= 15 is 0 Å². The van der Waals surface area contributed by atoms with Gasteiger partial charge in [0.2, 0.25) is 5.76 Å². The molecule has 2 aliphatic rings. The minimum absolute atomic E-state index is 0.405. The van der Waals surface area contributed by atoms with E-state index in [2.05, 4.69) is 9.47 Å². The molecular weight excluding hydrogens is 597 g/mol. The van der Waals surface area contributed by atoms with E-state index in [0.29, 0.717) is 0 Å². The van der Waals surface area contributed by atoms with Crippen LogP contribution in [-0.4, -0.2) is 84.0 Å². The number of hydrogen-bond acceptors (Lipinski definition) is 6. The molecule has 1 fully saturated rings. The second-order valence-corrected chi connectivity index (χ2v) is 8.58. The molecule has 1 saturated heterocycles. The van der Waals surface area contributed by atoms with Gasteiger partial charge in [-0.15, -0.1) is 0 Å². The second kappa shape index (κ2) is 9.37. The standard InChI is InChI=1S/C18H15F15O6/c1-11(2)37-5-6(39-11)8-9(7(34)10(35)38-8)36-4-3-12(19,20)13(21,22)14(23,24)15(25,26)16(27,28)17(29,30)18(31,32)33/h6,8,34H,3-5H2,1-2H3/t6-,8+/m0/s1. The first-order valence-corrected chi connectivity index (χ1v) is 10.0. The Kier molecular flexibility index (Phi) is 7.90. The Morgan fingerprint density at radius 1 is 0.821 bits per heavy atom. The lowest BCUT2D eigenvalue weighted by molar-refractivity contribution is -0.452. The molecule has 2 aliphatic heterocycles. The predicted molar refractivity (Wildman–Crippen MR) is 90.7 cm³/mol. The van der Waals surface area contributed by atoms with Crippen LogP contribution in [0.15, 0.2) is 11.5 Å². The van der Waals surface area contributed by atoms with Crippen LogP contribution in [0.1, 0.15) is 20.3 Å². The van der Waals surface area contributed by atoms with Crippen LogP contribution < -0.4 is 0 Å². The van der Waals surface area contributed by atoms with E-state index in [0.717, 1.165) is 0 Å². The van der Waals surface area contributed by atoms with Crippen LogP contribution >= 0.6 is 0 Å². The third kappa shape index (κ3) is 5.03. The van der Waals surface area contributed by atoms with Crippen molar-refractivity contribution >= 4 is 5.97 Å². The van der Waals surface area contributed by atoms with Gasteiger partial charge in [-0.05, 0) is 13.8 Å². The Hall–Kier alpha value is -2.32. The number of hydrogen-bond donors (Lipinski definition) is 1. The fourth-order valence-electron chi connectivity index (χ4n) is 3.17. The second-order valence-electron chi connectivity index (χ2n) is 8.58. The van der Waals surface area contributed by atoms with Gasteiger partial charge in [-0.2, -0.15) is 65.9 Å². The quantitative estimate of drug-likeness (QED) is 0.256. The Balaban J connectivity index is 2.28. The largest absolute Gasteiger partial charge is 0.499 e. The van der Waals surface area contributed by atoms with Crippen LogP contribution in [0.4, 0.5) is 65.9 Å². The van der Waals surface area contributed by atoms with Gasteiger partial charge in [0.25, 0.3) is 0 Å². The van der Waals surface area contributed by atoms with Crippen molar-refractivity contribution in [2.24, 2.45) is 0 Å². The zero-order valence-corrected chi connectivity index (χ0v) is 18.9.